The average molecular weight is 578 g/mol. The summed E-state index contributed by atoms with van der Waals surface area (Å²) in [7, 11) is 1.20. The monoisotopic (exact) mass is 577 g/mol. The summed E-state index contributed by atoms with van der Waals surface area (Å²) in [6.45, 7) is 5.29. The number of carbonyl (C=O) groups is 1. The Morgan fingerprint density at radius 3 is 2.07 bits per heavy atom. The molecule has 0 atom stereocenters. The highest BCUT2D eigenvalue weighted by molar-refractivity contribution is 5.65. The zero-order chi connectivity index (χ0) is 29.7. The van der Waals surface area contributed by atoms with Gasteiger partial charge in [0.25, 0.3) is 0 Å². The van der Waals surface area contributed by atoms with Gasteiger partial charge in [-0.05, 0) is 79.0 Å². The molecule has 0 aromatic heterocycles. The van der Waals surface area contributed by atoms with Crippen LogP contribution < -0.4 is 4.74 Å². The van der Waals surface area contributed by atoms with Crippen molar-refractivity contribution in [1.82, 2.24) is 14.9 Å². The van der Waals surface area contributed by atoms with Crippen molar-refractivity contribution in [3.63, 3.8) is 0 Å². The summed E-state index contributed by atoms with van der Waals surface area (Å²) in [4.78, 5) is 16.0. The molecule has 1 amide bonds. The van der Waals surface area contributed by atoms with E-state index in [1.54, 1.807) is 0 Å². The second kappa shape index (κ2) is 15.9. The number of benzene rings is 3. The Kier molecular flexibility index (Phi) is 11.7. The van der Waals surface area contributed by atoms with E-state index in [-0.39, 0.29) is 24.2 Å². The highest BCUT2D eigenvalue weighted by Gasteiger charge is 2.26. The van der Waals surface area contributed by atoms with Crippen molar-refractivity contribution in [3.05, 3.63) is 101 Å². The predicted octanol–water partition coefficient (Wildman–Crippen LogP) is 5.73. The summed E-state index contributed by atoms with van der Waals surface area (Å²) < 4.78 is 37.5. The Bertz CT molecular complexity index is 1270. The van der Waals surface area contributed by atoms with Crippen LogP contribution in [0.25, 0.3) is 0 Å². The lowest BCUT2D eigenvalue weighted by molar-refractivity contribution is -0.0673. The van der Waals surface area contributed by atoms with E-state index < -0.39 is 6.09 Å². The largest absolute Gasteiger partial charge is 0.494 e. The maximum absolute atomic E-state index is 13.6. The predicted molar refractivity (Wildman–Crippen MR) is 156 cm³/mol. The number of hydroxylamine groups is 2. The van der Waals surface area contributed by atoms with Crippen molar-refractivity contribution in [3.8, 4) is 17.6 Å². The second-order valence-electron chi connectivity index (χ2n) is 10.1. The molecule has 1 heterocycles. The third-order valence-electron chi connectivity index (χ3n) is 7.20. The zero-order valence-corrected chi connectivity index (χ0v) is 23.8. The quantitative estimate of drug-likeness (QED) is 0.136. The first-order chi connectivity index (χ1) is 20.4. The highest BCUT2D eigenvalue weighted by atomic mass is 19.1. The minimum absolute atomic E-state index is 0.0448. The van der Waals surface area contributed by atoms with Gasteiger partial charge in [-0.25, -0.2) is 13.6 Å². The Hall–Kier alpha value is -3.97. The fraction of sp³-hybridized carbons (Fsp3) is 0.364. The smallest absolute Gasteiger partial charge is 0.433 e. The Morgan fingerprint density at radius 2 is 1.50 bits per heavy atom. The highest BCUT2D eigenvalue weighted by Crippen LogP contribution is 2.30. The van der Waals surface area contributed by atoms with Crippen LogP contribution in [0.3, 0.4) is 0 Å². The number of rotatable bonds is 11. The van der Waals surface area contributed by atoms with Gasteiger partial charge >= 0.3 is 6.09 Å². The van der Waals surface area contributed by atoms with E-state index in [1.807, 2.05) is 48.5 Å². The molecule has 1 aliphatic heterocycles. The number of methoxy groups -OCH3 is 1. The molecular weight excluding hydrogens is 540 g/mol. The van der Waals surface area contributed by atoms with Gasteiger partial charge in [0.05, 0.1) is 26.3 Å². The van der Waals surface area contributed by atoms with Crippen molar-refractivity contribution in [1.29, 1.82) is 0 Å². The molecule has 1 fully saturated rings. The van der Waals surface area contributed by atoms with E-state index in [0.717, 1.165) is 68.0 Å². The minimum Gasteiger partial charge on any atom is -0.494 e. The molecule has 0 bridgehead atoms. The van der Waals surface area contributed by atoms with Crippen molar-refractivity contribution >= 4 is 6.09 Å². The summed E-state index contributed by atoms with van der Waals surface area (Å²) in [6.07, 6.45) is 1.47. The molecule has 0 saturated carbocycles. The van der Waals surface area contributed by atoms with Crippen LogP contribution in [-0.2, 0) is 4.74 Å². The summed E-state index contributed by atoms with van der Waals surface area (Å²) in [5.74, 6) is 6.17. The molecule has 42 heavy (non-hydrogen) atoms. The molecule has 1 aliphatic rings. The van der Waals surface area contributed by atoms with Gasteiger partial charge in [0.15, 0.2) is 0 Å². The molecule has 222 valence electrons. The fourth-order valence-corrected chi connectivity index (χ4v) is 4.93. The molecule has 0 radical (unpaired) electrons. The van der Waals surface area contributed by atoms with Crippen molar-refractivity contribution in [2.75, 3.05) is 53.0 Å². The fourth-order valence-electron chi connectivity index (χ4n) is 4.93. The first-order valence-electron chi connectivity index (χ1n) is 14.2. The lowest BCUT2D eigenvalue weighted by atomic mass is 9.96. The number of piperazine rings is 1. The lowest BCUT2D eigenvalue weighted by Gasteiger charge is -2.40. The third-order valence-corrected chi connectivity index (χ3v) is 7.20. The second-order valence-corrected chi connectivity index (χ2v) is 10.1. The molecule has 9 heteroatoms. The number of nitrogens with zero attached hydrogens (tertiary/aromatic N) is 3. The van der Waals surface area contributed by atoms with Crippen LogP contribution in [0, 0.1) is 23.5 Å². The normalized spacial score (nSPS) is 13.8. The minimum atomic E-state index is -0.809. The number of ether oxygens (including phenoxy) is 2. The molecule has 3 aromatic rings. The average Bonchev–Trinajstić information content (AvgIpc) is 3.02. The summed E-state index contributed by atoms with van der Waals surface area (Å²) in [5, 5.41) is 9.91. The molecule has 4 rings (SSSR count). The standard InChI is InChI=1S/C33H37F2N3O4/c1-41-33(39)38(40)20-3-2-6-26-7-17-31(18-8-26)42-25-5-4-19-36-21-23-37(24-22-36)32(27-9-13-29(34)14-10-27)28-11-15-30(35)16-12-28/h7-18,32,40H,3-5,19-25H2,1H3. The van der Waals surface area contributed by atoms with Crippen LogP contribution in [0.4, 0.5) is 13.6 Å². The summed E-state index contributed by atoms with van der Waals surface area (Å²) in [5.41, 5.74) is 2.83. The first-order valence-corrected chi connectivity index (χ1v) is 14.2. The number of carbonyl (C=O) groups excluding carboxylic acids is 1. The topological polar surface area (TPSA) is 65.5 Å². The maximum Gasteiger partial charge on any atom is 0.433 e. The lowest BCUT2D eigenvalue weighted by Crippen LogP contribution is -2.48. The summed E-state index contributed by atoms with van der Waals surface area (Å²) in [6, 6.07) is 20.7. The number of unbranched alkanes of at least 4 members (excludes halogenated alkanes) is 1. The maximum atomic E-state index is 13.6. The van der Waals surface area contributed by atoms with Gasteiger partial charge in [-0.15, -0.1) is 0 Å². The zero-order valence-electron chi connectivity index (χ0n) is 23.8. The van der Waals surface area contributed by atoms with Crippen LogP contribution in [-0.4, -0.2) is 79.1 Å². The SMILES string of the molecule is COC(=O)N(O)CCC#Cc1ccc(OCCCCN2CCN(C(c3ccc(F)cc3)c3ccc(F)cc3)CC2)cc1. The van der Waals surface area contributed by atoms with Crippen LogP contribution in [0.15, 0.2) is 72.8 Å². The van der Waals surface area contributed by atoms with Crippen LogP contribution in [0.2, 0.25) is 0 Å². The van der Waals surface area contributed by atoms with Gasteiger partial charge in [0.2, 0.25) is 0 Å². The molecule has 1 saturated heterocycles. The van der Waals surface area contributed by atoms with E-state index >= 15 is 0 Å². The third kappa shape index (κ3) is 9.28. The van der Waals surface area contributed by atoms with E-state index in [1.165, 1.54) is 31.4 Å². The van der Waals surface area contributed by atoms with E-state index in [0.29, 0.717) is 18.1 Å². The van der Waals surface area contributed by atoms with Gasteiger partial charge in [0, 0.05) is 38.2 Å². The molecular formula is C33H37F2N3O4. The summed E-state index contributed by atoms with van der Waals surface area (Å²) >= 11 is 0. The van der Waals surface area contributed by atoms with Crippen molar-refractivity contribution in [2.45, 2.75) is 25.3 Å². The van der Waals surface area contributed by atoms with Crippen LogP contribution in [0.5, 0.6) is 5.75 Å². The molecule has 3 aromatic carbocycles. The molecule has 1 N–H and O–H groups in total. The van der Waals surface area contributed by atoms with E-state index in [4.69, 9.17) is 4.74 Å². The number of halogens is 2. The Balaban J connectivity index is 1.16. The van der Waals surface area contributed by atoms with Gasteiger partial charge in [0.1, 0.15) is 17.4 Å². The Labute approximate surface area is 246 Å². The number of hydrogen-bond acceptors (Lipinski definition) is 6. The molecule has 0 unspecified atom stereocenters. The number of hydrogen-bond donors (Lipinski definition) is 1. The van der Waals surface area contributed by atoms with Gasteiger partial charge < -0.3 is 14.4 Å². The number of amides is 1. The molecule has 7 nitrogen and oxygen atoms in total. The van der Waals surface area contributed by atoms with Gasteiger partial charge in [-0.1, -0.05) is 36.1 Å². The van der Waals surface area contributed by atoms with Gasteiger partial charge in [-0.2, -0.15) is 5.06 Å². The van der Waals surface area contributed by atoms with Crippen LogP contribution >= 0.6 is 0 Å². The first kappa shape index (κ1) is 31.0. The molecule has 0 spiro atoms. The molecule has 0 aliphatic carbocycles. The van der Waals surface area contributed by atoms with E-state index in [9.17, 15) is 18.8 Å². The Morgan fingerprint density at radius 1 is 0.905 bits per heavy atom. The van der Waals surface area contributed by atoms with Crippen molar-refractivity contribution in [2.24, 2.45) is 0 Å². The van der Waals surface area contributed by atoms with Crippen LogP contribution in [0.1, 0.15) is 42.0 Å². The van der Waals surface area contributed by atoms with E-state index in [2.05, 4.69) is 26.4 Å². The van der Waals surface area contributed by atoms with Gasteiger partial charge in [-0.3, -0.25) is 10.1 Å². The van der Waals surface area contributed by atoms with Crippen molar-refractivity contribution < 1.29 is 28.3 Å².